The van der Waals surface area contributed by atoms with Crippen LogP contribution in [0.4, 0.5) is 5.82 Å². The maximum Gasteiger partial charge on any atom is 0.236 e. The Morgan fingerprint density at radius 1 is 1.47 bits per heavy atom. The second-order valence-corrected chi connectivity index (χ2v) is 4.03. The first kappa shape index (κ1) is 9.89. The number of ketones is 1. The Bertz CT molecular complexity index is 409. The molecule has 1 aliphatic heterocycles. The SMILES string of the molecule is CC(C)c1cc(N2CC(=O)CC2=O)n[nH]1. The summed E-state index contributed by atoms with van der Waals surface area (Å²) in [6.45, 7) is 4.23. The van der Waals surface area contributed by atoms with Crippen LogP contribution < -0.4 is 4.90 Å². The first-order valence-electron chi connectivity index (χ1n) is 4.95. The summed E-state index contributed by atoms with van der Waals surface area (Å²) in [5.74, 6) is 0.671. The van der Waals surface area contributed by atoms with Crippen LogP contribution in [0.3, 0.4) is 0 Å². The van der Waals surface area contributed by atoms with Gasteiger partial charge in [-0.2, -0.15) is 5.10 Å². The van der Waals surface area contributed by atoms with Gasteiger partial charge in [-0.05, 0) is 5.92 Å². The third-order valence-corrected chi connectivity index (χ3v) is 2.47. The van der Waals surface area contributed by atoms with Crippen molar-refractivity contribution in [2.75, 3.05) is 11.4 Å². The zero-order valence-corrected chi connectivity index (χ0v) is 8.78. The lowest BCUT2D eigenvalue weighted by Gasteiger charge is -2.09. The van der Waals surface area contributed by atoms with Crippen LogP contribution in [0.1, 0.15) is 31.9 Å². The van der Waals surface area contributed by atoms with Crippen LogP contribution in [-0.2, 0) is 9.59 Å². The molecule has 1 aromatic heterocycles. The number of nitrogens with one attached hydrogen (secondary N) is 1. The molecule has 1 aromatic rings. The van der Waals surface area contributed by atoms with Gasteiger partial charge in [0.2, 0.25) is 5.91 Å². The lowest BCUT2D eigenvalue weighted by Crippen LogP contribution is -2.24. The molecule has 80 valence electrons. The Morgan fingerprint density at radius 2 is 2.20 bits per heavy atom. The summed E-state index contributed by atoms with van der Waals surface area (Å²) in [5, 5.41) is 6.89. The summed E-state index contributed by atoms with van der Waals surface area (Å²) < 4.78 is 0. The van der Waals surface area contributed by atoms with Gasteiger partial charge in [-0.25, -0.2) is 0 Å². The molecule has 1 saturated heterocycles. The number of H-pyrrole nitrogens is 1. The third-order valence-electron chi connectivity index (χ3n) is 2.47. The van der Waals surface area contributed by atoms with Crippen molar-refractivity contribution in [1.29, 1.82) is 0 Å². The van der Waals surface area contributed by atoms with E-state index in [-0.39, 0.29) is 24.7 Å². The molecule has 0 unspecified atom stereocenters. The fourth-order valence-corrected chi connectivity index (χ4v) is 1.55. The van der Waals surface area contributed by atoms with E-state index in [0.717, 1.165) is 5.69 Å². The number of amides is 1. The number of carbonyl (C=O) groups is 2. The zero-order chi connectivity index (χ0) is 11.0. The van der Waals surface area contributed by atoms with Crippen molar-refractivity contribution < 1.29 is 9.59 Å². The highest BCUT2D eigenvalue weighted by Crippen LogP contribution is 2.21. The molecule has 0 atom stereocenters. The molecular formula is C10H13N3O2. The summed E-state index contributed by atoms with van der Waals surface area (Å²) in [6, 6.07) is 1.82. The topological polar surface area (TPSA) is 66.1 Å². The monoisotopic (exact) mass is 207 g/mol. The molecule has 15 heavy (non-hydrogen) atoms. The van der Waals surface area contributed by atoms with Gasteiger partial charge in [0.1, 0.15) is 0 Å². The van der Waals surface area contributed by atoms with Crippen LogP contribution in [0, 0.1) is 0 Å². The molecule has 1 N–H and O–H groups in total. The van der Waals surface area contributed by atoms with E-state index in [4.69, 9.17) is 0 Å². The summed E-state index contributed by atoms with van der Waals surface area (Å²) in [4.78, 5) is 23.9. The molecule has 1 fully saturated rings. The number of anilines is 1. The molecule has 0 saturated carbocycles. The molecule has 5 heteroatoms. The maximum absolute atomic E-state index is 11.4. The van der Waals surface area contributed by atoms with Gasteiger partial charge >= 0.3 is 0 Å². The molecule has 0 bridgehead atoms. The highest BCUT2D eigenvalue weighted by atomic mass is 16.2. The maximum atomic E-state index is 11.4. The Labute approximate surface area is 87.5 Å². The number of aromatic nitrogens is 2. The van der Waals surface area contributed by atoms with E-state index < -0.39 is 0 Å². The summed E-state index contributed by atoms with van der Waals surface area (Å²) in [5.41, 5.74) is 0.970. The number of Topliss-reactive ketones (excluding diaryl/α,β-unsaturated/α-hetero) is 1. The quantitative estimate of drug-likeness (QED) is 0.731. The van der Waals surface area contributed by atoms with E-state index in [2.05, 4.69) is 10.2 Å². The number of carbonyl (C=O) groups excluding carboxylic acids is 2. The minimum absolute atomic E-state index is 0.00384. The van der Waals surface area contributed by atoms with Crippen molar-refractivity contribution in [3.63, 3.8) is 0 Å². The van der Waals surface area contributed by atoms with Crippen molar-refractivity contribution in [3.05, 3.63) is 11.8 Å². The van der Waals surface area contributed by atoms with E-state index in [0.29, 0.717) is 11.7 Å². The lowest BCUT2D eigenvalue weighted by atomic mass is 10.1. The van der Waals surface area contributed by atoms with E-state index >= 15 is 0 Å². The Morgan fingerprint density at radius 3 is 2.67 bits per heavy atom. The number of rotatable bonds is 2. The normalized spacial score (nSPS) is 16.9. The largest absolute Gasteiger partial charge is 0.297 e. The van der Waals surface area contributed by atoms with Gasteiger partial charge in [0, 0.05) is 11.8 Å². The zero-order valence-electron chi connectivity index (χ0n) is 8.78. The highest BCUT2D eigenvalue weighted by molar-refractivity contribution is 6.14. The Balaban J connectivity index is 2.23. The average molecular weight is 207 g/mol. The van der Waals surface area contributed by atoms with Gasteiger partial charge < -0.3 is 0 Å². The highest BCUT2D eigenvalue weighted by Gasteiger charge is 2.30. The second kappa shape index (κ2) is 3.49. The molecule has 2 rings (SSSR count). The van der Waals surface area contributed by atoms with Gasteiger partial charge in [0.15, 0.2) is 11.6 Å². The first-order valence-corrected chi connectivity index (χ1v) is 4.95. The lowest BCUT2D eigenvalue weighted by molar-refractivity contribution is -0.121. The molecule has 0 spiro atoms. The van der Waals surface area contributed by atoms with Crippen LogP contribution in [-0.4, -0.2) is 28.4 Å². The van der Waals surface area contributed by atoms with Crippen LogP contribution in [0.15, 0.2) is 6.07 Å². The van der Waals surface area contributed by atoms with E-state index in [1.54, 1.807) is 0 Å². The van der Waals surface area contributed by atoms with Crippen molar-refractivity contribution in [1.82, 2.24) is 10.2 Å². The Hall–Kier alpha value is -1.65. The van der Waals surface area contributed by atoms with Gasteiger partial charge in [-0.3, -0.25) is 19.6 Å². The van der Waals surface area contributed by atoms with E-state index in [9.17, 15) is 9.59 Å². The van der Waals surface area contributed by atoms with Crippen LogP contribution in [0.25, 0.3) is 0 Å². The van der Waals surface area contributed by atoms with Crippen LogP contribution in [0.2, 0.25) is 0 Å². The van der Waals surface area contributed by atoms with Crippen molar-refractivity contribution in [2.24, 2.45) is 0 Å². The Kier molecular flexibility index (Phi) is 2.30. The predicted molar refractivity (Wildman–Crippen MR) is 54.7 cm³/mol. The van der Waals surface area contributed by atoms with Crippen molar-refractivity contribution in [2.45, 2.75) is 26.2 Å². The summed E-state index contributed by atoms with van der Waals surface area (Å²) in [6.07, 6.45) is 0.00384. The van der Waals surface area contributed by atoms with E-state index in [1.165, 1.54) is 4.90 Å². The third kappa shape index (κ3) is 1.77. The summed E-state index contributed by atoms with van der Waals surface area (Å²) in [7, 11) is 0. The molecule has 0 aliphatic carbocycles. The molecule has 2 heterocycles. The molecule has 0 radical (unpaired) electrons. The smallest absolute Gasteiger partial charge is 0.236 e. The second-order valence-electron chi connectivity index (χ2n) is 4.03. The number of hydrogen-bond donors (Lipinski definition) is 1. The molecule has 0 aromatic carbocycles. The van der Waals surface area contributed by atoms with E-state index in [1.807, 2.05) is 19.9 Å². The molecule has 1 amide bonds. The van der Waals surface area contributed by atoms with Gasteiger partial charge in [-0.1, -0.05) is 13.8 Å². The molecular weight excluding hydrogens is 194 g/mol. The molecule has 1 aliphatic rings. The predicted octanol–water partition coefficient (Wildman–Crippen LogP) is 0.839. The average Bonchev–Trinajstić information content (AvgIpc) is 2.71. The van der Waals surface area contributed by atoms with Gasteiger partial charge in [-0.15, -0.1) is 0 Å². The fourth-order valence-electron chi connectivity index (χ4n) is 1.55. The number of nitrogens with zero attached hydrogens (tertiary/aromatic N) is 2. The fraction of sp³-hybridized carbons (Fsp3) is 0.500. The van der Waals surface area contributed by atoms with Gasteiger partial charge in [0.25, 0.3) is 0 Å². The number of aromatic amines is 1. The van der Waals surface area contributed by atoms with Crippen LogP contribution in [0.5, 0.6) is 0 Å². The minimum Gasteiger partial charge on any atom is -0.297 e. The first-order chi connectivity index (χ1) is 7.08. The number of hydrogen-bond acceptors (Lipinski definition) is 3. The summed E-state index contributed by atoms with van der Waals surface area (Å²) >= 11 is 0. The van der Waals surface area contributed by atoms with Crippen LogP contribution >= 0.6 is 0 Å². The van der Waals surface area contributed by atoms with Crippen molar-refractivity contribution >= 4 is 17.5 Å². The van der Waals surface area contributed by atoms with Crippen molar-refractivity contribution in [3.8, 4) is 0 Å². The minimum atomic E-state index is -0.165. The standard InChI is InChI=1S/C10H13N3O2/c1-6(2)8-4-9(12-11-8)13-5-7(14)3-10(13)15/h4,6H,3,5H2,1-2H3,(H,11,12). The van der Waals surface area contributed by atoms with Gasteiger partial charge in [0.05, 0.1) is 13.0 Å². The molecule has 5 nitrogen and oxygen atoms in total.